The van der Waals surface area contributed by atoms with E-state index in [4.69, 9.17) is 4.74 Å². The highest BCUT2D eigenvalue weighted by Crippen LogP contribution is 2.29. The Bertz CT molecular complexity index is 1630. The zero-order valence-electron chi connectivity index (χ0n) is 30.8. The average molecular weight is 712 g/mol. The molecule has 1 saturated heterocycles. The van der Waals surface area contributed by atoms with Crippen LogP contribution in [0.2, 0.25) is 0 Å². The Hall–Kier alpha value is -5.03. The molecule has 4 rings (SSSR count). The van der Waals surface area contributed by atoms with Crippen molar-refractivity contribution in [1.82, 2.24) is 21.3 Å². The van der Waals surface area contributed by atoms with Gasteiger partial charge in [-0.05, 0) is 67.7 Å². The second kappa shape index (κ2) is 19.0. The molecule has 278 valence electrons. The Morgan fingerprint density at radius 3 is 1.63 bits per heavy atom. The topological polar surface area (TPSA) is 158 Å². The lowest BCUT2D eigenvalue weighted by molar-refractivity contribution is -0.134. The van der Waals surface area contributed by atoms with Gasteiger partial charge in [0, 0.05) is 12.1 Å². The van der Waals surface area contributed by atoms with Crippen LogP contribution in [0.3, 0.4) is 0 Å². The first-order chi connectivity index (χ1) is 24.8. The molecule has 3 aromatic carbocycles. The number of rotatable bonds is 19. The number of carbonyl (C=O) groups is 5. The summed E-state index contributed by atoms with van der Waals surface area (Å²) in [6.45, 7) is 9.82. The lowest BCUT2D eigenvalue weighted by Gasteiger charge is -2.28. The van der Waals surface area contributed by atoms with Crippen molar-refractivity contribution in [3.8, 4) is 0 Å². The number of ether oxygens (including phenoxy) is 1. The van der Waals surface area contributed by atoms with Crippen molar-refractivity contribution in [2.75, 3.05) is 11.9 Å². The molecule has 1 aliphatic rings. The van der Waals surface area contributed by atoms with E-state index in [1.165, 1.54) is 0 Å². The van der Waals surface area contributed by atoms with Crippen LogP contribution in [0, 0.1) is 11.8 Å². The monoisotopic (exact) mass is 711 g/mol. The summed E-state index contributed by atoms with van der Waals surface area (Å²) < 4.78 is 5.40. The van der Waals surface area contributed by atoms with Crippen LogP contribution in [0.15, 0.2) is 91.0 Å². The van der Waals surface area contributed by atoms with Crippen LogP contribution < -0.4 is 26.6 Å². The molecule has 1 aliphatic heterocycles. The maximum Gasteiger partial charge on any atom is 0.319 e. The first-order valence-corrected chi connectivity index (χ1v) is 18.1. The fraction of sp³-hybridized carbons (Fsp3) is 0.439. The third kappa shape index (κ3) is 12.6. The molecule has 5 amide bonds. The average Bonchev–Trinajstić information content (AvgIpc) is 3.87. The lowest BCUT2D eigenvalue weighted by atomic mass is 9.93. The molecular weight excluding hydrogens is 658 g/mol. The number of hydrogen-bond acceptors (Lipinski definition) is 6. The first kappa shape index (κ1) is 39.8. The molecule has 5 N–H and O–H groups in total. The van der Waals surface area contributed by atoms with E-state index in [2.05, 4.69) is 26.6 Å². The molecule has 1 heterocycles. The number of para-hydroxylation sites is 1. The van der Waals surface area contributed by atoms with Crippen molar-refractivity contribution in [2.24, 2.45) is 11.8 Å². The highest BCUT2D eigenvalue weighted by atomic mass is 16.6. The van der Waals surface area contributed by atoms with Gasteiger partial charge in [0.15, 0.2) is 5.78 Å². The molecule has 0 aromatic heterocycles. The minimum atomic E-state index is -1.04. The third-order valence-electron chi connectivity index (χ3n) is 8.91. The van der Waals surface area contributed by atoms with E-state index in [1.54, 1.807) is 31.2 Å². The van der Waals surface area contributed by atoms with Crippen LogP contribution in [0.4, 0.5) is 10.5 Å². The van der Waals surface area contributed by atoms with E-state index in [0.717, 1.165) is 11.1 Å². The number of carbonyl (C=O) groups excluding carboxylic acids is 5. The van der Waals surface area contributed by atoms with Crippen molar-refractivity contribution in [3.63, 3.8) is 0 Å². The summed E-state index contributed by atoms with van der Waals surface area (Å²) in [6.07, 6.45) is 1.64. The van der Waals surface area contributed by atoms with Gasteiger partial charge in [-0.3, -0.25) is 19.2 Å². The van der Waals surface area contributed by atoms with Crippen LogP contribution >= 0.6 is 0 Å². The van der Waals surface area contributed by atoms with Crippen LogP contribution in [0.25, 0.3) is 0 Å². The summed E-state index contributed by atoms with van der Waals surface area (Å²) in [6, 6.07) is 23.4. The van der Waals surface area contributed by atoms with E-state index in [9.17, 15) is 24.0 Å². The maximum atomic E-state index is 14.1. The molecule has 52 heavy (non-hydrogen) atoms. The number of nitrogens with one attached hydrogen (secondary N) is 5. The molecule has 0 aliphatic carbocycles. The van der Waals surface area contributed by atoms with Gasteiger partial charge in [0.1, 0.15) is 23.7 Å². The first-order valence-electron chi connectivity index (χ1n) is 18.1. The highest BCUT2D eigenvalue weighted by Gasteiger charge is 2.50. The Kier molecular flexibility index (Phi) is 14.5. The van der Waals surface area contributed by atoms with Crippen molar-refractivity contribution < 1.29 is 28.7 Å². The number of ketones is 1. The normalized spacial score (nSPS) is 17.3. The zero-order chi connectivity index (χ0) is 37.7. The number of aryl methyl sites for hydroxylation is 1. The summed E-state index contributed by atoms with van der Waals surface area (Å²) in [5, 5.41) is 14.2. The van der Waals surface area contributed by atoms with Gasteiger partial charge < -0.3 is 31.3 Å². The molecule has 0 bridgehead atoms. The molecule has 0 spiro atoms. The number of epoxide rings is 1. The largest absolute Gasteiger partial charge is 0.361 e. The molecular formula is C41H53N5O6. The van der Waals surface area contributed by atoms with Gasteiger partial charge in [-0.1, -0.05) is 107 Å². The molecule has 3 unspecified atom stereocenters. The second-order valence-electron chi connectivity index (χ2n) is 14.6. The van der Waals surface area contributed by atoms with Gasteiger partial charge in [0.25, 0.3) is 0 Å². The molecule has 0 saturated carbocycles. The molecule has 11 heteroatoms. The number of hydrogen-bond donors (Lipinski definition) is 5. The zero-order valence-corrected chi connectivity index (χ0v) is 30.8. The van der Waals surface area contributed by atoms with Gasteiger partial charge in [0.2, 0.25) is 17.7 Å². The Balaban J connectivity index is 1.53. The van der Waals surface area contributed by atoms with Crippen molar-refractivity contribution in [1.29, 1.82) is 0 Å². The van der Waals surface area contributed by atoms with Gasteiger partial charge in [-0.15, -0.1) is 0 Å². The van der Waals surface area contributed by atoms with Crippen LogP contribution in [0.1, 0.15) is 65.0 Å². The number of benzene rings is 3. The summed E-state index contributed by atoms with van der Waals surface area (Å²) in [5.74, 6) is -1.66. The summed E-state index contributed by atoms with van der Waals surface area (Å²) in [4.78, 5) is 68.3. The molecule has 1 fully saturated rings. The van der Waals surface area contributed by atoms with Gasteiger partial charge in [-0.2, -0.15) is 0 Å². The number of anilines is 1. The van der Waals surface area contributed by atoms with Crippen LogP contribution in [0.5, 0.6) is 0 Å². The summed E-state index contributed by atoms with van der Waals surface area (Å²) in [5.41, 5.74) is 1.44. The van der Waals surface area contributed by atoms with E-state index >= 15 is 0 Å². The summed E-state index contributed by atoms with van der Waals surface area (Å²) >= 11 is 0. The van der Waals surface area contributed by atoms with E-state index < -0.39 is 53.5 Å². The fourth-order valence-corrected chi connectivity index (χ4v) is 5.97. The van der Waals surface area contributed by atoms with E-state index in [1.807, 2.05) is 94.4 Å². The fourth-order valence-electron chi connectivity index (χ4n) is 5.97. The Morgan fingerprint density at radius 1 is 0.615 bits per heavy atom. The Morgan fingerprint density at radius 2 is 1.08 bits per heavy atom. The van der Waals surface area contributed by atoms with Crippen molar-refractivity contribution in [2.45, 2.75) is 96.5 Å². The minimum Gasteiger partial charge on any atom is -0.361 e. The SMILES string of the molecule is CC(C)CC(NC(=O)[C@H](CCc1ccccc1)NC(=O)Nc1ccccc1)C(=O)NC(Cc1ccccc1)C(=O)NC(CC(C)C)C(=O)[C@@]1(C)CO1. The van der Waals surface area contributed by atoms with Gasteiger partial charge in [-0.25, -0.2) is 4.79 Å². The highest BCUT2D eigenvalue weighted by molar-refractivity contribution is 5.99. The van der Waals surface area contributed by atoms with Crippen molar-refractivity contribution in [3.05, 3.63) is 102 Å². The molecule has 0 radical (unpaired) electrons. The minimum absolute atomic E-state index is 0.00175. The predicted molar refractivity (Wildman–Crippen MR) is 201 cm³/mol. The van der Waals surface area contributed by atoms with Gasteiger partial charge in [0.05, 0.1) is 12.6 Å². The smallest absolute Gasteiger partial charge is 0.319 e. The third-order valence-corrected chi connectivity index (χ3v) is 8.91. The molecule has 3 aromatic rings. The number of urea groups is 1. The van der Waals surface area contributed by atoms with E-state index in [-0.39, 0.29) is 36.9 Å². The van der Waals surface area contributed by atoms with Crippen LogP contribution in [-0.4, -0.2) is 65.9 Å². The molecule has 11 nitrogen and oxygen atoms in total. The van der Waals surface area contributed by atoms with Gasteiger partial charge >= 0.3 is 6.03 Å². The quantitative estimate of drug-likeness (QED) is 0.111. The lowest BCUT2D eigenvalue weighted by Crippen LogP contribution is -2.59. The molecule has 5 atom stereocenters. The number of Topliss-reactive ketones (excluding diaryl/α,β-unsaturated/α-hetero) is 1. The van der Waals surface area contributed by atoms with Crippen LogP contribution in [-0.2, 0) is 36.8 Å². The number of amides is 5. The standard InChI is InChI=1S/C41H53N5O6/c1-27(2)23-33(36(47)41(5)26-52-41)43-39(50)35(25-30-17-11-7-12-18-30)45-38(49)34(24-28(3)4)44-37(48)32(22-21-29-15-9-6-10-16-29)46-40(51)42-31-19-13-8-14-20-31/h6-20,27-28,32-35H,21-26H2,1-5H3,(H,43,50)(H,44,48)(H,45,49)(H2,42,46,51)/t32-,33?,34?,35?,41+/m0/s1. The summed E-state index contributed by atoms with van der Waals surface area (Å²) in [7, 11) is 0. The Labute approximate surface area is 307 Å². The second-order valence-corrected chi connectivity index (χ2v) is 14.6. The van der Waals surface area contributed by atoms with E-state index in [0.29, 0.717) is 25.1 Å². The van der Waals surface area contributed by atoms with Crippen molar-refractivity contribution >= 4 is 35.2 Å². The predicted octanol–water partition coefficient (Wildman–Crippen LogP) is 4.96. The maximum absolute atomic E-state index is 14.1.